The van der Waals surface area contributed by atoms with Crippen molar-refractivity contribution in [3.63, 3.8) is 0 Å². The Kier molecular flexibility index (Phi) is 3.89. The highest BCUT2D eigenvalue weighted by Gasteiger charge is 2.53. The van der Waals surface area contributed by atoms with Crippen molar-refractivity contribution >= 4 is 17.7 Å². The molecule has 18 heavy (non-hydrogen) atoms. The van der Waals surface area contributed by atoms with Crippen LogP contribution in [0.25, 0.3) is 0 Å². The summed E-state index contributed by atoms with van der Waals surface area (Å²) in [5.41, 5.74) is 0.808. The molecule has 0 aromatic rings. The van der Waals surface area contributed by atoms with E-state index in [9.17, 15) is 4.79 Å². The summed E-state index contributed by atoms with van der Waals surface area (Å²) >= 11 is 4.05. The standard InChI is InChI=1S/C16H28OS/c1-11-6-7-13-15(2,3)8-5-9-16(13,4)12(11)10-14(17)18/h11-13H,5-10H2,1-4H3,(H,17,18). The number of hydrogen-bond acceptors (Lipinski definition) is 1. The van der Waals surface area contributed by atoms with E-state index in [0.29, 0.717) is 29.1 Å². The summed E-state index contributed by atoms with van der Waals surface area (Å²) in [6.07, 6.45) is 7.29. The maximum absolute atomic E-state index is 11.5. The van der Waals surface area contributed by atoms with Gasteiger partial charge in [-0.15, -0.1) is 12.6 Å². The van der Waals surface area contributed by atoms with Crippen LogP contribution in [0.4, 0.5) is 0 Å². The third kappa shape index (κ3) is 2.37. The largest absolute Gasteiger partial charge is 0.287 e. The molecule has 2 saturated carbocycles. The normalized spacial score (nSPS) is 43.3. The van der Waals surface area contributed by atoms with Crippen molar-refractivity contribution in [2.45, 2.75) is 66.2 Å². The molecule has 4 unspecified atom stereocenters. The molecule has 0 radical (unpaired) electrons. The van der Waals surface area contributed by atoms with E-state index in [0.717, 1.165) is 5.92 Å². The average Bonchev–Trinajstić information content (AvgIpc) is 2.22. The monoisotopic (exact) mass is 268 g/mol. The minimum absolute atomic E-state index is 0.0807. The molecule has 0 aromatic heterocycles. The van der Waals surface area contributed by atoms with Gasteiger partial charge in [-0.05, 0) is 47.8 Å². The molecular weight excluding hydrogens is 240 g/mol. The quantitative estimate of drug-likeness (QED) is 0.718. The Balaban J connectivity index is 2.30. The van der Waals surface area contributed by atoms with Gasteiger partial charge in [0.15, 0.2) is 5.12 Å². The smallest absolute Gasteiger partial charge is 0.186 e. The first-order valence-corrected chi connectivity index (χ1v) is 7.94. The molecule has 0 spiro atoms. The first-order valence-electron chi connectivity index (χ1n) is 7.49. The number of fused-ring (bicyclic) bond motifs is 1. The third-order valence-electron chi connectivity index (χ3n) is 6.12. The van der Waals surface area contributed by atoms with Crippen LogP contribution >= 0.6 is 12.6 Å². The van der Waals surface area contributed by atoms with Gasteiger partial charge in [0.1, 0.15) is 0 Å². The van der Waals surface area contributed by atoms with E-state index in [2.05, 4.69) is 40.3 Å². The molecule has 0 aromatic carbocycles. The third-order valence-corrected chi connectivity index (χ3v) is 6.30. The second-order valence-corrected chi connectivity index (χ2v) is 8.16. The van der Waals surface area contributed by atoms with Gasteiger partial charge >= 0.3 is 0 Å². The number of rotatable bonds is 2. The lowest BCUT2D eigenvalue weighted by molar-refractivity contribution is -0.122. The van der Waals surface area contributed by atoms with Gasteiger partial charge in [0.2, 0.25) is 0 Å². The maximum Gasteiger partial charge on any atom is 0.186 e. The topological polar surface area (TPSA) is 17.1 Å². The highest BCUT2D eigenvalue weighted by Crippen LogP contribution is 2.61. The molecule has 4 atom stereocenters. The van der Waals surface area contributed by atoms with Crippen LogP contribution in [-0.4, -0.2) is 5.12 Å². The predicted molar refractivity (Wildman–Crippen MR) is 79.7 cm³/mol. The van der Waals surface area contributed by atoms with Crippen LogP contribution in [-0.2, 0) is 4.79 Å². The van der Waals surface area contributed by atoms with E-state index in [1.807, 2.05) is 0 Å². The van der Waals surface area contributed by atoms with Crippen molar-refractivity contribution in [2.24, 2.45) is 28.6 Å². The molecule has 0 heterocycles. The zero-order valence-electron chi connectivity index (χ0n) is 12.3. The summed E-state index contributed by atoms with van der Waals surface area (Å²) in [6, 6.07) is 0. The molecule has 2 aliphatic rings. The Hall–Kier alpha value is 0.0200. The van der Waals surface area contributed by atoms with Gasteiger partial charge < -0.3 is 0 Å². The van der Waals surface area contributed by atoms with Gasteiger partial charge in [-0.2, -0.15) is 0 Å². The van der Waals surface area contributed by atoms with E-state index in [1.54, 1.807) is 0 Å². The van der Waals surface area contributed by atoms with Crippen LogP contribution in [0.5, 0.6) is 0 Å². The van der Waals surface area contributed by atoms with Gasteiger partial charge in [-0.25, -0.2) is 0 Å². The fraction of sp³-hybridized carbons (Fsp3) is 0.938. The van der Waals surface area contributed by atoms with Crippen molar-refractivity contribution < 1.29 is 4.79 Å². The minimum Gasteiger partial charge on any atom is -0.287 e. The minimum atomic E-state index is 0.0807. The lowest BCUT2D eigenvalue weighted by Gasteiger charge is -2.59. The highest BCUT2D eigenvalue weighted by molar-refractivity contribution is 7.96. The van der Waals surface area contributed by atoms with Crippen LogP contribution in [0.1, 0.15) is 66.2 Å². The zero-order chi connectivity index (χ0) is 13.6. The Morgan fingerprint density at radius 1 is 1.22 bits per heavy atom. The number of carbonyl (C=O) groups excluding carboxylic acids is 1. The second-order valence-electron chi connectivity index (χ2n) is 7.66. The molecule has 0 bridgehead atoms. The Bertz CT molecular complexity index is 336. The number of hydrogen-bond donors (Lipinski definition) is 1. The summed E-state index contributed by atoms with van der Waals surface area (Å²) in [7, 11) is 0. The van der Waals surface area contributed by atoms with Crippen molar-refractivity contribution in [3.8, 4) is 0 Å². The Morgan fingerprint density at radius 2 is 1.89 bits per heavy atom. The van der Waals surface area contributed by atoms with Gasteiger partial charge in [0.25, 0.3) is 0 Å². The van der Waals surface area contributed by atoms with Gasteiger partial charge in [0, 0.05) is 6.42 Å². The lowest BCUT2D eigenvalue weighted by Crippen LogP contribution is -2.51. The van der Waals surface area contributed by atoms with Gasteiger partial charge in [-0.3, -0.25) is 4.79 Å². The average molecular weight is 268 g/mol. The molecule has 104 valence electrons. The fourth-order valence-corrected chi connectivity index (χ4v) is 5.43. The van der Waals surface area contributed by atoms with E-state index < -0.39 is 0 Å². The molecule has 2 aliphatic carbocycles. The summed E-state index contributed by atoms with van der Waals surface area (Å²) < 4.78 is 0. The molecule has 0 aliphatic heterocycles. The zero-order valence-corrected chi connectivity index (χ0v) is 13.2. The lowest BCUT2D eigenvalue weighted by atomic mass is 9.46. The molecule has 2 heteroatoms. The highest BCUT2D eigenvalue weighted by atomic mass is 32.1. The molecule has 2 fully saturated rings. The van der Waals surface area contributed by atoms with E-state index in [1.165, 1.54) is 32.1 Å². The van der Waals surface area contributed by atoms with Crippen molar-refractivity contribution in [1.29, 1.82) is 0 Å². The second kappa shape index (κ2) is 4.85. The number of thiol groups is 1. The number of carbonyl (C=O) groups is 1. The molecule has 2 rings (SSSR count). The van der Waals surface area contributed by atoms with Crippen molar-refractivity contribution in [1.82, 2.24) is 0 Å². The summed E-state index contributed by atoms with van der Waals surface area (Å²) in [5.74, 6) is 2.00. The van der Waals surface area contributed by atoms with Crippen LogP contribution in [0.15, 0.2) is 0 Å². The van der Waals surface area contributed by atoms with E-state index >= 15 is 0 Å². The maximum atomic E-state index is 11.5. The first-order chi connectivity index (χ1) is 8.27. The van der Waals surface area contributed by atoms with E-state index in [-0.39, 0.29) is 5.12 Å². The van der Waals surface area contributed by atoms with Crippen molar-refractivity contribution in [2.75, 3.05) is 0 Å². The van der Waals surface area contributed by atoms with Crippen LogP contribution in [0.2, 0.25) is 0 Å². The Morgan fingerprint density at radius 3 is 2.50 bits per heavy atom. The van der Waals surface area contributed by atoms with E-state index in [4.69, 9.17) is 0 Å². The summed E-state index contributed by atoms with van der Waals surface area (Å²) in [5, 5.41) is 0.0807. The van der Waals surface area contributed by atoms with Crippen LogP contribution < -0.4 is 0 Å². The van der Waals surface area contributed by atoms with Gasteiger partial charge in [-0.1, -0.05) is 40.5 Å². The fourth-order valence-electron chi connectivity index (χ4n) is 5.23. The van der Waals surface area contributed by atoms with Crippen molar-refractivity contribution in [3.05, 3.63) is 0 Å². The van der Waals surface area contributed by atoms with Gasteiger partial charge in [0.05, 0.1) is 0 Å². The summed E-state index contributed by atoms with van der Waals surface area (Å²) in [4.78, 5) is 11.5. The SMILES string of the molecule is CC1CCC2C(C)(C)CCCC2(C)C1CC(=O)S. The van der Waals surface area contributed by atoms with Crippen LogP contribution in [0, 0.1) is 28.6 Å². The molecule has 0 amide bonds. The molecule has 1 nitrogen and oxygen atoms in total. The first kappa shape index (κ1) is 14.4. The Labute approximate surface area is 118 Å². The molecule has 0 N–H and O–H groups in total. The van der Waals surface area contributed by atoms with Crippen LogP contribution in [0.3, 0.4) is 0 Å². The predicted octanol–water partition coefficient (Wildman–Crippen LogP) is 4.71. The summed E-state index contributed by atoms with van der Waals surface area (Å²) in [6.45, 7) is 9.66. The molecule has 0 saturated heterocycles. The molecular formula is C16H28OS.